The average Bonchev–Trinajstić information content (AvgIpc) is 3.06. The number of urea groups is 1. The molecule has 27 heavy (non-hydrogen) atoms. The van der Waals surface area contributed by atoms with E-state index in [1.165, 1.54) is 10.4 Å². The Kier molecular flexibility index (Phi) is 6.18. The van der Waals surface area contributed by atoms with Crippen LogP contribution in [0.15, 0.2) is 35.7 Å². The first-order valence-corrected chi connectivity index (χ1v) is 11.5. The van der Waals surface area contributed by atoms with Crippen molar-refractivity contribution in [1.82, 2.24) is 14.9 Å². The van der Waals surface area contributed by atoms with Gasteiger partial charge in [0.05, 0.1) is 5.75 Å². The van der Waals surface area contributed by atoms with E-state index in [0.29, 0.717) is 25.2 Å². The van der Waals surface area contributed by atoms with E-state index in [1.807, 2.05) is 18.2 Å². The van der Waals surface area contributed by atoms with Crippen molar-refractivity contribution in [3.8, 4) is 0 Å². The second-order valence-corrected chi connectivity index (χ2v) is 9.75. The fourth-order valence-corrected chi connectivity index (χ4v) is 5.56. The molecule has 1 aromatic heterocycles. The SMILES string of the molecule is CC(C)NS(=O)(=O)Cc1ccccc1CNC(=O)N1CCc2sccc2C1. The van der Waals surface area contributed by atoms with Crippen molar-refractivity contribution in [3.05, 3.63) is 57.3 Å². The monoisotopic (exact) mass is 407 g/mol. The number of nitrogens with one attached hydrogen (secondary N) is 2. The summed E-state index contributed by atoms with van der Waals surface area (Å²) in [7, 11) is -3.41. The summed E-state index contributed by atoms with van der Waals surface area (Å²) in [5.41, 5.74) is 2.73. The molecule has 6 nitrogen and oxygen atoms in total. The summed E-state index contributed by atoms with van der Waals surface area (Å²) in [5.74, 6) is -0.0980. The summed E-state index contributed by atoms with van der Waals surface area (Å²) in [5, 5.41) is 5.00. The lowest BCUT2D eigenvalue weighted by Crippen LogP contribution is -2.42. The number of thiophene rings is 1. The van der Waals surface area contributed by atoms with Gasteiger partial charge in [-0.15, -0.1) is 11.3 Å². The molecule has 1 aliphatic rings. The Morgan fingerprint density at radius 2 is 1.96 bits per heavy atom. The van der Waals surface area contributed by atoms with Gasteiger partial charge in [0.2, 0.25) is 10.0 Å². The molecule has 146 valence electrons. The summed E-state index contributed by atoms with van der Waals surface area (Å²) >= 11 is 1.74. The zero-order valence-corrected chi connectivity index (χ0v) is 17.2. The fraction of sp³-hybridized carbons (Fsp3) is 0.421. The van der Waals surface area contributed by atoms with E-state index in [4.69, 9.17) is 0 Å². The van der Waals surface area contributed by atoms with Crippen LogP contribution in [0.2, 0.25) is 0 Å². The third-order valence-corrected chi connectivity index (χ3v) is 6.95. The van der Waals surface area contributed by atoms with Crippen molar-refractivity contribution in [1.29, 1.82) is 0 Å². The van der Waals surface area contributed by atoms with Crippen LogP contribution in [0.1, 0.15) is 35.4 Å². The Labute approximate surface area is 164 Å². The molecular formula is C19H25N3O3S2. The molecule has 0 fully saturated rings. The minimum absolute atomic E-state index is 0.0980. The molecule has 2 heterocycles. The van der Waals surface area contributed by atoms with Crippen molar-refractivity contribution in [2.75, 3.05) is 6.54 Å². The second kappa shape index (κ2) is 8.41. The average molecular weight is 408 g/mol. The molecule has 2 aromatic rings. The first kappa shape index (κ1) is 19.9. The van der Waals surface area contributed by atoms with Gasteiger partial charge in [0.25, 0.3) is 0 Å². The Morgan fingerprint density at radius 1 is 1.22 bits per heavy atom. The maximum Gasteiger partial charge on any atom is 0.317 e. The van der Waals surface area contributed by atoms with E-state index in [1.54, 1.807) is 36.2 Å². The predicted octanol–water partition coefficient (Wildman–Crippen LogP) is 2.84. The minimum Gasteiger partial charge on any atom is -0.334 e. The summed E-state index contributed by atoms with van der Waals surface area (Å²) in [6.45, 7) is 5.22. The van der Waals surface area contributed by atoms with E-state index in [-0.39, 0.29) is 17.8 Å². The standard InChI is InChI=1S/C19H25N3O3S2/c1-14(2)21-27(24,25)13-17-6-4-3-5-15(17)11-20-19(23)22-9-7-18-16(12-22)8-10-26-18/h3-6,8,10,14,21H,7,9,11-13H2,1-2H3,(H,20,23). The number of benzene rings is 1. The lowest BCUT2D eigenvalue weighted by molar-refractivity contribution is 0.192. The van der Waals surface area contributed by atoms with Crippen molar-refractivity contribution in [2.24, 2.45) is 0 Å². The van der Waals surface area contributed by atoms with Gasteiger partial charge in [-0.2, -0.15) is 0 Å². The minimum atomic E-state index is -3.41. The normalized spacial score (nSPS) is 14.3. The quantitative estimate of drug-likeness (QED) is 0.773. The largest absolute Gasteiger partial charge is 0.334 e. The molecule has 8 heteroatoms. The number of carbonyl (C=O) groups is 1. The molecule has 0 saturated carbocycles. The Morgan fingerprint density at radius 3 is 2.70 bits per heavy atom. The van der Waals surface area contributed by atoms with Gasteiger partial charge in [-0.3, -0.25) is 0 Å². The Hall–Kier alpha value is -1.90. The van der Waals surface area contributed by atoms with Crippen molar-refractivity contribution >= 4 is 27.4 Å². The van der Waals surface area contributed by atoms with Crippen LogP contribution in [0.4, 0.5) is 4.79 Å². The number of hydrogen-bond donors (Lipinski definition) is 2. The van der Waals surface area contributed by atoms with Crippen LogP contribution in [-0.2, 0) is 35.3 Å². The van der Waals surface area contributed by atoms with Gasteiger partial charge >= 0.3 is 6.03 Å². The van der Waals surface area contributed by atoms with Gasteiger partial charge in [0, 0.05) is 30.6 Å². The van der Waals surface area contributed by atoms with Crippen LogP contribution < -0.4 is 10.0 Å². The molecule has 0 atom stereocenters. The lowest BCUT2D eigenvalue weighted by Gasteiger charge is -2.27. The van der Waals surface area contributed by atoms with Gasteiger partial charge in [0.1, 0.15) is 0 Å². The number of amides is 2. The third kappa shape index (κ3) is 5.31. The lowest BCUT2D eigenvalue weighted by atomic mass is 10.1. The number of rotatable bonds is 6. The van der Waals surface area contributed by atoms with Crippen LogP contribution in [0.25, 0.3) is 0 Å². The summed E-state index contributed by atoms with van der Waals surface area (Å²) < 4.78 is 27.1. The number of hydrogen-bond acceptors (Lipinski definition) is 4. The highest BCUT2D eigenvalue weighted by Crippen LogP contribution is 2.24. The van der Waals surface area contributed by atoms with Crippen LogP contribution in [0.5, 0.6) is 0 Å². The van der Waals surface area contributed by atoms with Crippen molar-refractivity contribution < 1.29 is 13.2 Å². The molecule has 1 aliphatic heterocycles. The molecule has 2 amide bonds. The zero-order chi connectivity index (χ0) is 19.4. The molecule has 1 aromatic carbocycles. The van der Waals surface area contributed by atoms with Crippen LogP contribution in [0.3, 0.4) is 0 Å². The maximum absolute atomic E-state index is 12.5. The summed E-state index contributed by atoms with van der Waals surface area (Å²) in [6, 6.07) is 9.11. The predicted molar refractivity (Wildman–Crippen MR) is 108 cm³/mol. The molecule has 0 aliphatic carbocycles. The first-order chi connectivity index (χ1) is 12.8. The number of fused-ring (bicyclic) bond motifs is 1. The van der Waals surface area contributed by atoms with E-state index in [2.05, 4.69) is 21.5 Å². The van der Waals surface area contributed by atoms with Gasteiger partial charge < -0.3 is 10.2 Å². The first-order valence-electron chi connectivity index (χ1n) is 8.99. The topological polar surface area (TPSA) is 78.5 Å². The van der Waals surface area contributed by atoms with Crippen molar-refractivity contribution in [3.63, 3.8) is 0 Å². The molecule has 0 saturated heterocycles. The molecule has 0 bridgehead atoms. The summed E-state index contributed by atoms with van der Waals surface area (Å²) in [6.07, 6.45) is 0.885. The van der Waals surface area contributed by atoms with Crippen LogP contribution in [0, 0.1) is 0 Å². The molecule has 2 N–H and O–H groups in total. The Bertz CT molecular complexity index is 906. The van der Waals surface area contributed by atoms with Gasteiger partial charge in [0.15, 0.2) is 0 Å². The number of nitrogens with zero attached hydrogens (tertiary/aromatic N) is 1. The molecule has 3 rings (SSSR count). The molecular weight excluding hydrogens is 382 g/mol. The highest BCUT2D eigenvalue weighted by atomic mass is 32.2. The van der Waals surface area contributed by atoms with Crippen LogP contribution in [-0.4, -0.2) is 31.9 Å². The third-order valence-electron chi connectivity index (χ3n) is 4.40. The fourth-order valence-electron chi connectivity index (χ4n) is 3.18. The van der Waals surface area contributed by atoms with E-state index >= 15 is 0 Å². The Balaban J connectivity index is 1.62. The van der Waals surface area contributed by atoms with E-state index < -0.39 is 10.0 Å². The van der Waals surface area contributed by atoms with Crippen LogP contribution >= 0.6 is 11.3 Å². The molecule has 0 unspecified atom stereocenters. The van der Waals surface area contributed by atoms with Gasteiger partial charge in [-0.05, 0) is 48.4 Å². The highest BCUT2D eigenvalue weighted by Gasteiger charge is 2.21. The number of sulfonamides is 1. The molecule has 0 spiro atoms. The van der Waals surface area contributed by atoms with Gasteiger partial charge in [-0.25, -0.2) is 17.9 Å². The smallest absolute Gasteiger partial charge is 0.317 e. The second-order valence-electron chi connectivity index (χ2n) is 7.00. The highest BCUT2D eigenvalue weighted by molar-refractivity contribution is 7.88. The van der Waals surface area contributed by atoms with Gasteiger partial charge in [-0.1, -0.05) is 24.3 Å². The maximum atomic E-state index is 12.5. The zero-order valence-electron chi connectivity index (χ0n) is 15.6. The summed E-state index contributed by atoms with van der Waals surface area (Å²) in [4.78, 5) is 15.7. The van der Waals surface area contributed by atoms with E-state index in [9.17, 15) is 13.2 Å². The van der Waals surface area contributed by atoms with E-state index in [0.717, 1.165) is 12.0 Å². The van der Waals surface area contributed by atoms with Crippen molar-refractivity contribution in [2.45, 2.75) is 45.2 Å². The molecule has 0 radical (unpaired) electrons. The number of carbonyl (C=O) groups excluding carboxylic acids is 1.